The molecule has 0 spiro atoms. The van der Waals surface area contributed by atoms with Gasteiger partial charge in [0, 0.05) is 24.7 Å². The van der Waals surface area contributed by atoms with E-state index in [4.69, 9.17) is 0 Å². The second-order valence-corrected chi connectivity index (χ2v) is 9.50. The smallest absolute Gasteiger partial charge is 0.321 e. The number of aromatic nitrogens is 1. The molecule has 8 nitrogen and oxygen atoms in total. The molecule has 2 aromatic carbocycles. The molecule has 34 heavy (non-hydrogen) atoms. The number of anilines is 3. The highest BCUT2D eigenvalue weighted by molar-refractivity contribution is 7.17. The number of urea groups is 1. The Morgan fingerprint density at radius 3 is 2.38 bits per heavy atom. The van der Waals surface area contributed by atoms with Crippen molar-refractivity contribution in [3.8, 4) is 0 Å². The zero-order chi connectivity index (χ0) is 24.6. The van der Waals surface area contributed by atoms with Crippen molar-refractivity contribution in [2.45, 2.75) is 47.2 Å². The first-order valence-corrected chi connectivity index (χ1v) is 11.8. The Morgan fingerprint density at radius 2 is 1.71 bits per heavy atom. The number of benzene rings is 2. The van der Waals surface area contributed by atoms with E-state index in [1.165, 1.54) is 6.92 Å². The van der Waals surface area contributed by atoms with E-state index < -0.39 is 12.2 Å². The maximum atomic E-state index is 12.9. The van der Waals surface area contributed by atoms with E-state index >= 15 is 0 Å². The van der Waals surface area contributed by atoms with Crippen molar-refractivity contribution in [3.05, 3.63) is 69.2 Å². The summed E-state index contributed by atoms with van der Waals surface area (Å²) in [5, 5.41) is 8.83. The van der Waals surface area contributed by atoms with E-state index in [-0.39, 0.29) is 11.8 Å². The number of para-hydroxylation sites is 1. The molecule has 0 aliphatic carbocycles. The Bertz CT molecular complexity index is 1280. The summed E-state index contributed by atoms with van der Waals surface area (Å²) in [6.45, 7) is 9.13. The Morgan fingerprint density at radius 1 is 1.03 bits per heavy atom. The van der Waals surface area contributed by atoms with E-state index in [1.54, 1.807) is 11.8 Å². The highest BCUT2D eigenvalue weighted by Gasteiger charge is 2.33. The van der Waals surface area contributed by atoms with Crippen LogP contribution < -0.4 is 20.9 Å². The molecule has 3 aromatic rings. The molecular weight excluding hydrogens is 450 g/mol. The standard InChI is InChI=1S/C25H27N5O3S/c1-13-10-14(2)21(15(3)11-13)28-23(32)22-16(4)26-25(34-22)29-24(33)27-20-12-18-8-6-7-9-19(18)30(20)17(5)31/h6-11,20H,12H2,1-5H3,(H,28,32)(H2,26,27,29,33). The van der Waals surface area contributed by atoms with Crippen molar-refractivity contribution < 1.29 is 14.4 Å². The minimum Gasteiger partial charge on any atom is -0.321 e. The highest BCUT2D eigenvalue weighted by Crippen LogP contribution is 2.31. The number of hydrogen-bond acceptors (Lipinski definition) is 5. The number of carbonyl (C=O) groups is 3. The topological polar surface area (TPSA) is 103 Å². The van der Waals surface area contributed by atoms with Gasteiger partial charge in [-0.15, -0.1) is 0 Å². The van der Waals surface area contributed by atoms with Crippen LogP contribution in [0.5, 0.6) is 0 Å². The van der Waals surface area contributed by atoms with Crippen LogP contribution in [-0.2, 0) is 11.2 Å². The van der Waals surface area contributed by atoms with Gasteiger partial charge in [0.2, 0.25) is 5.91 Å². The predicted octanol–water partition coefficient (Wildman–Crippen LogP) is 4.69. The molecule has 3 N–H and O–H groups in total. The number of aryl methyl sites for hydroxylation is 4. The molecule has 0 radical (unpaired) electrons. The van der Waals surface area contributed by atoms with Gasteiger partial charge in [0.1, 0.15) is 11.0 Å². The molecular formula is C25H27N5O3S. The molecule has 0 saturated carbocycles. The van der Waals surface area contributed by atoms with Gasteiger partial charge in [0.15, 0.2) is 5.13 Å². The maximum absolute atomic E-state index is 12.9. The van der Waals surface area contributed by atoms with Crippen molar-refractivity contribution in [3.63, 3.8) is 0 Å². The molecule has 2 heterocycles. The average molecular weight is 478 g/mol. The molecule has 1 aromatic heterocycles. The SMILES string of the molecule is CC(=O)N1c2ccccc2CC1NC(=O)Nc1nc(C)c(C(=O)Nc2c(C)cc(C)cc2C)s1. The van der Waals surface area contributed by atoms with E-state index in [2.05, 4.69) is 20.9 Å². The fourth-order valence-electron chi connectivity index (χ4n) is 4.38. The molecule has 4 amide bonds. The van der Waals surface area contributed by atoms with Gasteiger partial charge in [-0.05, 0) is 50.5 Å². The lowest BCUT2D eigenvalue weighted by atomic mass is 10.1. The largest absolute Gasteiger partial charge is 0.322 e. The van der Waals surface area contributed by atoms with Crippen LogP contribution in [0.3, 0.4) is 0 Å². The van der Waals surface area contributed by atoms with Crippen LogP contribution in [0.1, 0.15) is 44.5 Å². The summed E-state index contributed by atoms with van der Waals surface area (Å²) in [6, 6.07) is 11.1. The number of rotatable bonds is 4. The van der Waals surface area contributed by atoms with Crippen LogP contribution in [0.4, 0.5) is 21.3 Å². The lowest BCUT2D eigenvalue weighted by molar-refractivity contribution is -0.117. The molecule has 1 atom stereocenters. The van der Waals surface area contributed by atoms with Gasteiger partial charge < -0.3 is 10.6 Å². The van der Waals surface area contributed by atoms with E-state index in [0.29, 0.717) is 22.1 Å². The first-order valence-electron chi connectivity index (χ1n) is 11.0. The fourth-order valence-corrected chi connectivity index (χ4v) is 5.24. The molecule has 4 rings (SSSR count). The van der Waals surface area contributed by atoms with E-state index in [9.17, 15) is 14.4 Å². The van der Waals surface area contributed by atoms with Crippen molar-refractivity contribution in [2.24, 2.45) is 0 Å². The summed E-state index contributed by atoms with van der Waals surface area (Å²) < 4.78 is 0. The first-order chi connectivity index (χ1) is 16.1. The van der Waals surface area contributed by atoms with Crippen molar-refractivity contribution >= 4 is 45.7 Å². The lowest BCUT2D eigenvalue weighted by Gasteiger charge is -2.24. The molecule has 9 heteroatoms. The third kappa shape index (κ3) is 4.65. The second-order valence-electron chi connectivity index (χ2n) is 8.50. The minimum atomic E-state index is -0.494. The van der Waals surface area contributed by atoms with Gasteiger partial charge in [-0.3, -0.25) is 19.8 Å². The number of hydrogen-bond donors (Lipinski definition) is 3. The van der Waals surface area contributed by atoms with Gasteiger partial charge in [0.05, 0.1) is 5.69 Å². The van der Waals surface area contributed by atoms with Crippen LogP contribution in [0, 0.1) is 27.7 Å². The zero-order valence-corrected chi connectivity index (χ0v) is 20.6. The summed E-state index contributed by atoms with van der Waals surface area (Å²) in [5.41, 5.74) is 6.20. The molecule has 1 aliphatic heterocycles. The first kappa shape index (κ1) is 23.4. The number of nitrogens with one attached hydrogen (secondary N) is 3. The van der Waals surface area contributed by atoms with Gasteiger partial charge in [-0.2, -0.15) is 0 Å². The lowest BCUT2D eigenvalue weighted by Crippen LogP contribution is -2.49. The average Bonchev–Trinajstić information content (AvgIpc) is 3.29. The van der Waals surface area contributed by atoms with Crippen molar-refractivity contribution in [1.29, 1.82) is 0 Å². The molecule has 0 saturated heterocycles. The molecule has 176 valence electrons. The normalized spacial score (nSPS) is 14.5. The maximum Gasteiger partial charge on any atom is 0.322 e. The summed E-state index contributed by atoms with van der Waals surface area (Å²) in [4.78, 5) is 44.2. The van der Waals surface area contributed by atoms with Crippen LogP contribution in [0.15, 0.2) is 36.4 Å². The second kappa shape index (κ2) is 9.26. The number of nitrogens with zero attached hydrogens (tertiary/aromatic N) is 2. The molecule has 0 fully saturated rings. The Hall–Kier alpha value is -3.72. The van der Waals surface area contributed by atoms with Crippen LogP contribution in [0.2, 0.25) is 0 Å². The summed E-state index contributed by atoms with van der Waals surface area (Å²) in [6.07, 6.45) is 0.0226. The molecule has 1 unspecified atom stereocenters. The molecule has 1 aliphatic rings. The number of fused-ring (bicyclic) bond motifs is 1. The highest BCUT2D eigenvalue weighted by atomic mass is 32.1. The quantitative estimate of drug-likeness (QED) is 0.507. The van der Waals surface area contributed by atoms with Gasteiger partial charge in [-0.1, -0.05) is 47.2 Å². The van der Waals surface area contributed by atoms with Crippen LogP contribution in [-0.4, -0.2) is 29.0 Å². The monoisotopic (exact) mass is 477 g/mol. The van der Waals surface area contributed by atoms with Crippen LogP contribution >= 0.6 is 11.3 Å². The molecule has 0 bridgehead atoms. The third-order valence-electron chi connectivity index (χ3n) is 5.75. The van der Waals surface area contributed by atoms with Gasteiger partial charge >= 0.3 is 6.03 Å². The van der Waals surface area contributed by atoms with Crippen LogP contribution in [0.25, 0.3) is 0 Å². The van der Waals surface area contributed by atoms with Gasteiger partial charge in [0.25, 0.3) is 5.91 Å². The zero-order valence-electron chi connectivity index (χ0n) is 19.8. The summed E-state index contributed by atoms with van der Waals surface area (Å²) >= 11 is 1.11. The fraction of sp³-hybridized carbons (Fsp3) is 0.280. The predicted molar refractivity (Wildman–Crippen MR) is 135 cm³/mol. The van der Waals surface area contributed by atoms with E-state index in [0.717, 1.165) is 45.0 Å². The van der Waals surface area contributed by atoms with Crippen molar-refractivity contribution in [1.82, 2.24) is 10.3 Å². The Balaban J connectivity index is 1.44. The van der Waals surface area contributed by atoms with E-state index in [1.807, 2.05) is 57.2 Å². The Kier molecular flexibility index (Phi) is 6.39. The summed E-state index contributed by atoms with van der Waals surface area (Å²) in [7, 11) is 0. The number of thiazole rings is 1. The minimum absolute atomic E-state index is 0.152. The van der Waals surface area contributed by atoms with Crippen molar-refractivity contribution in [2.75, 3.05) is 15.5 Å². The summed E-state index contributed by atoms with van der Waals surface area (Å²) in [5.74, 6) is -0.423. The van der Waals surface area contributed by atoms with Gasteiger partial charge in [-0.25, -0.2) is 9.78 Å². The number of amides is 4. The Labute approximate surface area is 202 Å². The third-order valence-corrected chi connectivity index (χ3v) is 6.82. The number of carbonyl (C=O) groups excluding carboxylic acids is 3.